The Morgan fingerprint density at radius 2 is 1.89 bits per heavy atom. The SMILES string of the molecule is C=C1C(=O)O[C@@H]2C[C@H](C)C3=C(C[C@H]12)[C@@H](C)CC3=O. The van der Waals surface area contributed by atoms with Gasteiger partial charge < -0.3 is 4.74 Å². The van der Waals surface area contributed by atoms with E-state index in [2.05, 4.69) is 20.4 Å². The van der Waals surface area contributed by atoms with Crippen molar-refractivity contribution in [2.24, 2.45) is 17.8 Å². The maximum absolute atomic E-state index is 12.1. The number of ketones is 1. The van der Waals surface area contributed by atoms with E-state index in [1.54, 1.807) is 0 Å². The largest absolute Gasteiger partial charge is 0.458 e. The summed E-state index contributed by atoms with van der Waals surface area (Å²) in [5, 5.41) is 0. The average molecular weight is 246 g/mol. The number of esters is 1. The van der Waals surface area contributed by atoms with E-state index in [0.29, 0.717) is 23.7 Å². The van der Waals surface area contributed by atoms with E-state index in [1.165, 1.54) is 5.57 Å². The average Bonchev–Trinajstić information content (AvgIpc) is 2.65. The molecule has 0 unspecified atom stereocenters. The lowest BCUT2D eigenvalue weighted by atomic mass is 9.87. The summed E-state index contributed by atoms with van der Waals surface area (Å²) < 4.78 is 5.39. The standard InChI is InChI=1S/C15H18O3/c1-7-4-12(16)14-8(2)5-13-11(6-10(7)14)9(3)15(17)18-13/h7-8,11,13H,3-6H2,1-2H3/t7-,8-,11+,13+/m0/s1. The second kappa shape index (κ2) is 3.81. The van der Waals surface area contributed by atoms with Crippen molar-refractivity contribution in [3.8, 4) is 0 Å². The Labute approximate surface area is 107 Å². The van der Waals surface area contributed by atoms with E-state index in [4.69, 9.17) is 4.74 Å². The molecule has 0 aromatic carbocycles. The van der Waals surface area contributed by atoms with Crippen molar-refractivity contribution in [1.82, 2.24) is 0 Å². The van der Waals surface area contributed by atoms with Crippen molar-refractivity contribution < 1.29 is 14.3 Å². The smallest absolute Gasteiger partial charge is 0.334 e. The minimum atomic E-state index is -0.252. The first-order valence-electron chi connectivity index (χ1n) is 6.65. The number of allylic oxidation sites excluding steroid dienone is 2. The topological polar surface area (TPSA) is 43.4 Å². The van der Waals surface area contributed by atoms with E-state index in [1.807, 2.05) is 0 Å². The highest BCUT2D eigenvalue weighted by molar-refractivity contribution is 6.00. The molecule has 3 rings (SSSR count). The van der Waals surface area contributed by atoms with Gasteiger partial charge in [-0.2, -0.15) is 0 Å². The molecular weight excluding hydrogens is 228 g/mol. The number of hydrogen-bond donors (Lipinski definition) is 0. The second-order valence-electron chi connectivity index (χ2n) is 5.88. The van der Waals surface area contributed by atoms with E-state index in [9.17, 15) is 9.59 Å². The molecule has 3 aliphatic rings. The summed E-state index contributed by atoms with van der Waals surface area (Å²) in [6.45, 7) is 8.04. The van der Waals surface area contributed by atoms with Gasteiger partial charge in [0, 0.05) is 17.9 Å². The van der Waals surface area contributed by atoms with E-state index in [-0.39, 0.29) is 23.9 Å². The molecule has 0 radical (unpaired) electrons. The van der Waals surface area contributed by atoms with Gasteiger partial charge in [-0.15, -0.1) is 0 Å². The highest BCUT2D eigenvalue weighted by Crippen LogP contribution is 2.46. The molecule has 1 heterocycles. The molecule has 0 spiro atoms. The van der Waals surface area contributed by atoms with Crippen LogP contribution in [-0.4, -0.2) is 17.9 Å². The third-order valence-electron chi connectivity index (χ3n) is 4.67. The Morgan fingerprint density at radius 3 is 2.61 bits per heavy atom. The maximum Gasteiger partial charge on any atom is 0.334 e. The van der Waals surface area contributed by atoms with E-state index in [0.717, 1.165) is 18.4 Å². The molecule has 0 bridgehead atoms. The van der Waals surface area contributed by atoms with Crippen LogP contribution in [0.4, 0.5) is 0 Å². The first-order valence-corrected chi connectivity index (χ1v) is 6.65. The quantitative estimate of drug-likeness (QED) is 0.487. The summed E-state index contributed by atoms with van der Waals surface area (Å²) in [4.78, 5) is 23.7. The summed E-state index contributed by atoms with van der Waals surface area (Å²) in [5.74, 6) is 0.643. The molecule has 2 aliphatic carbocycles. The van der Waals surface area contributed by atoms with Crippen LogP contribution >= 0.6 is 0 Å². The Morgan fingerprint density at radius 1 is 1.17 bits per heavy atom. The summed E-state index contributed by atoms with van der Waals surface area (Å²) in [6.07, 6.45) is 2.09. The minimum absolute atomic E-state index is 0.0781. The number of carbonyl (C=O) groups is 2. The van der Waals surface area contributed by atoms with Gasteiger partial charge in [-0.3, -0.25) is 4.79 Å². The molecule has 3 nitrogen and oxygen atoms in total. The maximum atomic E-state index is 12.1. The minimum Gasteiger partial charge on any atom is -0.458 e. The Bertz CT molecular complexity index is 486. The third kappa shape index (κ3) is 1.49. The highest BCUT2D eigenvalue weighted by atomic mass is 16.6. The van der Waals surface area contributed by atoms with Crippen molar-refractivity contribution in [2.45, 2.75) is 39.2 Å². The number of hydrogen-bond acceptors (Lipinski definition) is 3. The van der Waals surface area contributed by atoms with Crippen LogP contribution in [0.1, 0.15) is 33.1 Å². The normalized spacial score (nSPS) is 39.6. The molecule has 1 aliphatic heterocycles. The lowest BCUT2D eigenvalue weighted by Gasteiger charge is -2.18. The van der Waals surface area contributed by atoms with Crippen molar-refractivity contribution in [2.75, 3.05) is 0 Å². The molecule has 3 heteroatoms. The fourth-order valence-electron chi connectivity index (χ4n) is 3.70. The monoisotopic (exact) mass is 246 g/mol. The lowest BCUT2D eigenvalue weighted by molar-refractivity contribution is -0.139. The number of carbonyl (C=O) groups excluding carboxylic acids is 2. The van der Waals surface area contributed by atoms with Crippen molar-refractivity contribution >= 4 is 11.8 Å². The van der Waals surface area contributed by atoms with Crippen LogP contribution in [0.2, 0.25) is 0 Å². The predicted molar refractivity (Wildman–Crippen MR) is 66.7 cm³/mol. The molecule has 18 heavy (non-hydrogen) atoms. The molecule has 1 saturated heterocycles. The van der Waals surface area contributed by atoms with Crippen molar-refractivity contribution in [3.63, 3.8) is 0 Å². The van der Waals surface area contributed by atoms with Gasteiger partial charge in [0.25, 0.3) is 0 Å². The molecule has 0 N–H and O–H groups in total. The van der Waals surface area contributed by atoms with Gasteiger partial charge in [-0.05, 0) is 30.3 Å². The van der Waals surface area contributed by atoms with Crippen LogP contribution in [0.25, 0.3) is 0 Å². The van der Waals surface area contributed by atoms with Gasteiger partial charge in [0.1, 0.15) is 6.10 Å². The zero-order valence-corrected chi connectivity index (χ0v) is 10.9. The fourth-order valence-corrected chi connectivity index (χ4v) is 3.70. The number of ether oxygens (including phenoxy) is 1. The van der Waals surface area contributed by atoms with Gasteiger partial charge in [0.05, 0.1) is 0 Å². The Kier molecular flexibility index (Phi) is 2.47. The number of rotatable bonds is 0. The van der Waals surface area contributed by atoms with E-state index < -0.39 is 0 Å². The van der Waals surface area contributed by atoms with Crippen molar-refractivity contribution in [1.29, 1.82) is 0 Å². The molecule has 1 fully saturated rings. The van der Waals surface area contributed by atoms with Crippen LogP contribution < -0.4 is 0 Å². The Balaban J connectivity index is 2.00. The van der Waals surface area contributed by atoms with Crippen LogP contribution in [0.3, 0.4) is 0 Å². The summed E-state index contributed by atoms with van der Waals surface area (Å²) in [7, 11) is 0. The lowest BCUT2D eigenvalue weighted by Crippen LogP contribution is -2.19. The van der Waals surface area contributed by atoms with Crippen LogP contribution in [0.5, 0.6) is 0 Å². The first kappa shape index (κ1) is 11.7. The zero-order chi connectivity index (χ0) is 13.0. The Hall–Kier alpha value is -1.38. The zero-order valence-electron chi connectivity index (χ0n) is 10.9. The third-order valence-corrected chi connectivity index (χ3v) is 4.67. The fraction of sp³-hybridized carbons (Fsp3) is 0.600. The first-order chi connectivity index (χ1) is 8.49. The van der Waals surface area contributed by atoms with Gasteiger partial charge in [-0.1, -0.05) is 26.0 Å². The number of fused-ring (bicyclic) bond motifs is 1. The predicted octanol–water partition coefficient (Wildman–Crippen LogP) is 2.42. The summed E-state index contributed by atoms with van der Waals surface area (Å²) in [6, 6.07) is 0. The van der Waals surface area contributed by atoms with Crippen molar-refractivity contribution in [3.05, 3.63) is 23.3 Å². The molecule has 0 amide bonds. The molecule has 0 aromatic heterocycles. The van der Waals surface area contributed by atoms with Gasteiger partial charge >= 0.3 is 5.97 Å². The number of Topliss-reactive ketones (excluding diaryl/α,β-unsaturated/α-hetero) is 1. The van der Waals surface area contributed by atoms with Gasteiger partial charge in [-0.25, -0.2) is 4.79 Å². The van der Waals surface area contributed by atoms with Crippen LogP contribution in [-0.2, 0) is 14.3 Å². The summed E-state index contributed by atoms with van der Waals surface area (Å²) in [5.41, 5.74) is 2.85. The van der Waals surface area contributed by atoms with E-state index >= 15 is 0 Å². The van der Waals surface area contributed by atoms with Gasteiger partial charge in [0.15, 0.2) is 5.78 Å². The molecular formula is C15H18O3. The molecule has 0 aromatic rings. The molecule has 4 atom stereocenters. The summed E-state index contributed by atoms with van der Waals surface area (Å²) >= 11 is 0. The molecule has 96 valence electrons. The van der Waals surface area contributed by atoms with Crippen LogP contribution in [0, 0.1) is 17.8 Å². The van der Waals surface area contributed by atoms with Gasteiger partial charge in [0.2, 0.25) is 0 Å². The second-order valence-corrected chi connectivity index (χ2v) is 5.88. The highest BCUT2D eigenvalue weighted by Gasteiger charge is 2.45. The van der Waals surface area contributed by atoms with Crippen LogP contribution in [0.15, 0.2) is 23.3 Å². The molecule has 0 saturated carbocycles.